The predicted octanol–water partition coefficient (Wildman–Crippen LogP) is 0.730. The van der Waals surface area contributed by atoms with E-state index in [1.807, 2.05) is 14.1 Å². The summed E-state index contributed by atoms with van der Waals surface area (Å²) in [6.07, 6.45) is 3.33. The van der Waals surface area contributed by atoms with Gasteiger partial charge in [0.25, 0.3) is 0 Å². The molecule has 0 aromatic heterocycles. The number of carbonyl (C=O) groups is 3. The summed E-state index contributed by atoms with van der Waals surface area (Å²) in [6, 6.07) is 8.39. The van der Waals surface area contributed by atoms with Crippen LogP contribution < -0.4 is 16.0 Å². The maximum Gasteiger partial charge on any atom is 0.311 e. The van der Waals surface area contributed by atoms with Crippen molar-refractivity contribution in [3.05, 3.63) is 29.8 Å². The first kappa shape index (κ1) is 22.1. The number of primary amides is 1. The Morgan fingerprint density at radius 3 is 2.20 bits per heavy atom. The molecular weight excluding hydrogens is 382 g/mol. The second-order valence-electron chi connectivity index (χ2n) is 8.42. The van der Waals surface area contributed by atoms with Crippen LogP contribution in [-0.2, 0) is 14.4 Å². The van der Waals surface area contributed by atoms with Crippen LogP contribution in [0.3, 0.4) is 0 Å². The van der Waals surface area contributed by atoms with Gasteiger partial charge >= 0.3 is 11.8 Å². The molecule has 2 heterocycles. The van der Waals surface area contributed by atoms with E-state index in [1.54, 1.807) is 0 Å². The van der Waals surface area contributed by atoms with Gasteiger partial charge in [0.15, 0.2) is 0 Å². The Hall–Kier alpha value is -2.61. The third kappa shape index (κ3) is 5.30. The quantitative estimate of drug-likeness (QED) is 0.668. The molecule has 1 atom stereocenters. The molecule has 3 amide bonds. The highest BCUT2D eigenvalue weighted by Crippen LogP contribution is 2.26. The van der Waals surface area contributed by atoms with Gasteiger partial charge in [-0.1, -0.05) is 12.1 Å². The van der Waals surface area contributed by atoms with Gasteiger partial charge in [-0.05, 0) is 56.5 Å². The summed E-state index contributed by atoms with van der Waals surface area (Å²) in [4.78, 5) is 42.3. The summed E-state index contributed by atoms with van der Waals surface area (Å²) in [5.41, 5.74) is 7.60. The number of amides is 3. The molecule has 2 aliphatic rings. The topological polar surface area (TPSA) is 99.0 Å². The second-order valence-corrected chi connectivity index (χ2v) is 8.42. The third-order valence-electron chi connectivity index (χ3n) is 6.21. The number of nitrogens with one attached hydrogen (secondary N) is 1. The molecule has 2 aliphatic heterocycles. The lowest BCUT2D eigenvalue weighted by Crippen LogP contribution is -2.49. The van der Waals surface area contributed by atoms with Crippen molar-refractivity contribution < 1.29 is 14.4 Å². The molecule has 8 nitrogen and oxygen atoms in total. The van der Waals surface area contributed by atoms with Gasteiger partial charge in [-0.15, -0.1) is 0 Å². The lowest BCUT2D eigenvalue weighted by Gasteiger charge is -2.31. The highest BCUT2D eigenvalue weighted by atomic mass is 16.2. The van der Waals surface area contributed by atoms with Crippen molar-refractivity contribution in [2.24, 2.45) is 11.7 Å². The van der Waals surface area contributed by atoms with Gasteiger partial charge < -0.3 is 20.9 Å². The first-order valence-corrected chi connectivity index (χ1v) is 10.7. The Labute approximate surface area is 178 Å². The van der Waals surface area contributed by atoms with Crippen LogP contribution >= 0.6 is 0 Å². The Morgan fingerprint density at radius 1 is 1.07 bits per heavy atom. The maximum atomic E-state index is 12.5. The van der Waals surface area contributed by atoms with E-state index in [4.69, 9.17) is 5.73 Å². The molecule has 0 unspecified atom stereocenters. The van der Waals surface area contributed by atoms with E-state index in [-0.39, 0.29) is 17.9 Å². The van der Waals surface area contributed by atoms with Crippen molar-refractivity contribution in [3.63, 3.8) is 0 Å². The summed E-state index contributed by atoms with van der Waals surface area (Å²) < 4.78 is 0. The van der Waals surface area contributed by atoms with E-state index in [0.29, 0.717) is 32.5 Å². The van der Waals surface area contributed by atoms with Gasteiger partial charge in [0, 0.05) is 45.3 Å². The Bertz CT molecular complexity index is 751. The number of rotatable bonds is 6. The minimum atomic E-state index is -0.582. The monoisotopic (exact) mass is 415 g/mol. The van der Waals surface area contributed by atoms with E-state index in [9.17, 15) is 14.4 Å². The van der Waals surface area contributed by atoms with Gasteiger partial charge in [-0.2, -0.15) is 0 Å². The number of anilines is 1. The van der Waals surface area contributed by atoms with Crippen LogP contribution in [0.5, 0.6) is 0 Å². The lowest BCUT2D eigenvalue weighted by molar-refractivity contribution is -0.147. The van der Waals surface area contributed by atoms with Crippen molar-refractivity contribution in [3.8, 4) is 0 Å². The molecule has 1 aromatic carbocycles. The van der Waals surface area contributed by atoms with Crippen molar-refractivity contribution in [1.82, 2.24) is 15.1 Å². The molecule has 8 heteroatoms. The number of piperidine rings is 1. The van der Waals surface area contributed by atoms with E-state index in [1.165, 1.54) is 4.90 Å². The van der Waals surface area contributed by atoms with Gasteiger partial charge in [-0.3, -0.25) is 19.3 Å². The molecule has 0 saturated carbocycles. The number of nitrogens with zero attached hydrogens (tertiary/aromatic N) is 3. The number of benzene rings is 1. The van der Waals surface area contributed by atoms with E-state index in [2.05, 4.69) is 39.4 Å². The van der Waals surface area contributed by atoms with Crippen molar-refractivity contribution in [2.45, 2.75) is 31.7 Å². The average molecular weight is 416 g/mol. The molecule has 1 aromatic rings. The fourth-order valence-electron chi connectivity index (χ4n) is 4.28. The second kappa shape index (κ2) is 9.93. The number of hydrogen-bond acceptors (Lipinski definition) is 5. The zero-order valence-corrected chi connectivity index (χ0v) is 18.0. The zero-order valence-electron chi connectivity index (χ0n) is 18.0. The molecule has 2 saturated heterocycles. The fourth-order valence-corrected chi connectivity index (χ4v) is 4.28. The largest absolute Gasteiger partial charge is 0.378 e. The van der Waals surface area contributed by atoms with Crippen LogP contribution in [0.15, 0.2) is 24.3 Å². The molecule has 3 N–H and O–H groups in total. The Kier molecular flexibility index (Phi) is 7.31. The Balaban J connectivity index is 1.60. The highest BCUT2D eigenvalue weighted by Gasteiger charge is 2.30. The summed E-state index contributed by atoms with van der Waals surface area (Å²) >= 11 is 0. The summed E-state index contributed by atoms with van der Waals surface area (Å²) in [7, 11) is 4.01. The predicted molar refractivity (Wildman–Crippen MR) is 116 cm³/mol. The van der Waals surface area contributed by atoms with Crippen molar-refractivity contribution in [2.75, 3.05) is 51.7 Å². The van der Waals surface area contributed by atoms with Crippen LogP contribution in [0, 0.1) is 5.92 Å². The van der Waals surface area contributed by atoms with E-state index < -0.39 is 11.8 Å². The number of carbonyl (C=O) groups excluding carboxylic acids is 3. The molecule has 0 aliphatic carbocycles. The highest BCUT2D eigenvalue weighted by molar-refractivity contribution is 6.35. The minimum Gasteiger partial charge on any atom is -0.378 e. The first-order chi connectivity index (χ1) is 14.4. The number of likely N-dealkylation sites (tertiary alicyclic amines) is 2. The van der Waals surface area contributed by atoms with Crippen LogP contribution in [0.2, 0.25) is 0 Å². The van der Waals surface area contributed by atoms with E-state index in [0.717, 1.165) is 37.2 Å². The van der Waals surface area contributed by atoms with Crippen molar-refractivity contribution >= 4 is 23.4 Å². The standard InChI is InChI=1S/C22H33N5O3/c1-25(2)18-7-5-16(6-8-18)19(26-11-3-4-12-26)15-24-21(29)22(30)27-13-9-17(10-14-27)20(23)28/h5-8,17,19H,3-4,9-15H2,1-2H3,(H2,23,28)(H,24,29)/t19-/m0/s1. The smallest absolute Gasteiger partial charge is 0.311 e. The lowest BCUT2D eigenvalue weighted by atomic mass is 9.96. The molecule has 3 rings (SSSR count). The van der Waals surface area contributed by atoms with Gasteiger partial charge in [0.2, 0.25) is 5.91 Å². The molecule has 0 bridgehead atoms. The Morgan fingerprint density at radius 2 is 1.67 bits per heavy atom. The number of nitrogens with two attached hydrogens (primary N) is 1. The third-order valence-corrected chi connectivity index (χ3v) is 6.21. The molecule has 30 heavy (non-hydrogen) atoms. The van der Waals surface area contributed by atoms with Crippen LogP contribution in [0.1, 0.15) is 37.3 Å². The normalized spacial score (nSPS) is 18.8. The average Bonchev–Trinajstić information content (AvgIpc) is 3.28. The summed E-state index contributed by atoms with van der Waals surface area (Å²) in [6.45, 7) is 3.15. The van der Waals surface area contributed by atoms with Crippen LogP contribution in [0.25, 0.3) is 0 Å². The molecule has 0 spiro atoms. The molecule has 164 valence electrons. The fraction of sp³-hybridized carbons (Fsp3) is 0.591. The maximum absolute atomic E-state index is 12.5. The van der Waals surface area contributed by atoms with Gasteiger partial charge in [0.05, 0.1) is 6.04 Å². The van der Waals surface area contributed by atoms with Crippen molar-refractivity contribution in [1.29, 1.82) is 0 Å². The van der Waals surface area contributed by atoms with Gasteiger partial charge in [0.1, 0.15) is 0 Å². The zero-order chi connectivity index (χ0) is 21.7. The number of hydrogen-bond donors (Lipinski definition) is 2. The SMILES string of the molecule is CN(C)c1ccc([C@H](CNC(=O)C(=O)N2CCC(C(N)=O)CC2)N2CCCC2)cc1. The molecule has 2 fully saturated rings. The first-order valence-electron chi connectivity index (χ1n) is 10.7. The van der Waals surface area contributed by atoms with E-state index >= 15 is 0 Å². The summed E-state index contributed by atoms with van der Waals surface area (Å²) in [5.74, 6) is -1.65. The minimum absolute atomic E-state index is 0.0426. The van der Waals surface area contributed by atoms with Gasteiger partial charge in [-0.25, -0.2) is 0 Å². The molecular formula is C22H33N5O3. The summed E-state index contributed by atoms with van der Waals surface area (Å²) in [5, 5.41) is 2.85. The van der Waals surface area contributed by atoms with Crippen LogP contribution in [-0.4, -0.2) is 74.3 Å². The molecule has 0 radical (unpaired) electrons. The van der Waals surface area contributed by atoms with Crippen LogP contribution in [0.4, 0.5) is 5.69 Å².